The van der Waals surface area contributed by atoms with Gasteiger partial charge in [0.05, 0.1) is 0 Å². The predicted molar refractivity (Wildman–Crippen MR) is 73.4 cm³/mol. The molecule has 0 amide bonds. The summed E-state index contributed by atoms with van der Waals surface area (Å²) in [4.78, 5) is 9.16. The molecule has 3 nitrogen and oxygen atoms in total. The highest BCUT2D eigenvalue weighted by Gasteiger charge is 2.03. The number of rotatable bonds is 8. The molecule has 0 saturated heterocycles. The van der Waals surface area contributed by atoms with Crippen molar-refractivity contribution in [3.8, 4) is 0 Å². The highest BCUT2D eigenvalue weighted by Crippen LogP contribution is 2.11. The van der Waals surface area contributed by atoms with E-state index in [1.54, 1.807) is 0 Å². The number of nitrogens with one attached hydrogen (secondary N) is 1. The zero-order chi connectivity index (χ0) is 12.5. The summed E-state index contributed by atoms with van der Waals surface area (Å²) in [5, 5.41) is 3.36. The van der Waals surface area contributed by atoms with E-state index in [9.17, 15) is 0 Å². The summed E-state index contributed by atoms with van der Waals surface area (Å²) in [6, 6.07) is 2.10. The molecular formula is C14H25N3. The number of hydrogen-bond donors (Lipinski definition) is 1. The van der Waals surface area contributed by atoms with Crippen molar-refractivity contribution in [2.75, 3.05) is 11.9 Å². The highest BCUT2D eigenvalue weighted by molar-refractivity contribution is 5.36. The van der Waals surface area contributed by atoms with Crippen LogP contribution in [0.2, 0.25) is 0 Å². The van der Waals surface area contributed by atoms with Gasteiger partial charge in [-0.15, -0.1) is 0 Å². The fourth-order valence-corrected chi connectivity index (χ4v) is 1.72. The van der Waals surface area contributed by atoms with Gasteiger partial charge < -0.3 is 5.32 Å². The molecule has 0 aromatic carbocycles. The number of unbranched alkanes of at least 4 members (excludes halogenated alkanes) is 1. The highest BCUT2D eigenvalue weighted by atomic mass is 15.0. The molecule has 0 aliphatic carbocycles. The first kappa shape index (κ1) is 13.9. The van der Waals surface area contributed by atoms with E-state index in [1.165, 1.54) is 18.5 Å². The van der Waals surface area contributed by atoms with Crippen LogP contribution in [0.25, 0.3) is 0 Å². The Hall–Kier alpha value is -1.12. The van der Waals surface area contributed by atoms with E-state index >= 15 is 0 Å². The Morgan fingerprint density at radius 2 is 1.82 bits per heavy atom. The minimum Gasteiger partial charge on any atom is -0.370 e. The SMILES string of the molecule is CCCCc1cc(NCCC)nc(CCC)n1. The van der Waals surface area contributed by atoms with Gasteiger partial charge in [-0.25, -0.2) is 9.97 Å². The van der Waals surface area contributed by atoms with Gasteiger partial charge in [0.2, 0.25) is 0 Å². The first-order valence-corrected chi connectivity index (χ1v) is 6.90. The molecule has 0 aliphatic rings. The second kappa shape index (κ2) is 8.04. The van der Waals surface area contributed by atoms with Crippen LogP contribution in [-0.2, 0) is 12.8 Å². The third-order valence-electron chi connectivity index (χ3n) is 2.64. The number of anilines is 1. The summed E-state index contributed by atoms with van der Waals surface area (Å²) in [7, 11) is 0. The molecule has 1 rings (SSSR count). The van der Waals surface area contributed by atoms with Crippen molar-refractivity contribution in [2.24, 2.45) is 0 Å². The average Bonchev–Trinajstić information content (AvgIpc) is 2.34. The molecule has 1 aromatic rings. The zero-order valence-electron chi connectivity index (χ0n) is 11.4. The van der Waals surface area contributed by atoms with E-state index in [1.807, 2.05) is 0 Å². The molecule has 0 aliphatic heterocycles. The van der Waals surface area contributed by atoms with Gasteiger partial charge in [0, 0.05) is 24.7 Å². The fourth-order valence-electron chi connectivity index (χ4n) is 1.72. The molecule has 0 atom stereocenters. The molecule has 0 bridgehead atoms. The molecule has 0 radical (unpaired) electrons. The van der Waals surface area contributed by atoms with Gasteiger partial charge in [-0.05, 0) is 25.7 Å². The normalized spacial score (nSPS) is 10.5. The van der Waals surface area contributed by atoms with E-state index in [2.05, 4.69) is 42.1 Å². The van der Waals surface area contributed by atoms with E-state index in [4.69, 9.17) is 0 Å². The summed E-state index contributed by atoms with van der Waals surface area (Å²) in [5.74, 6) is 1.98. The van der Waals surface area contributed by atoms with Crippen LogP contribution in [0, 0.1) is 0 Å². The Labute approximate surface area is 105 Å². The maximum atomic E-state index is 4.62. The van der Waals surface area contributed by atoms with Crippen LogP contribution in [0.15, 0.2) is 6.07 Å². The summed E-state index contributed by atoms with van der Waals surface area (Å²) in [5.41, 5.74) is 1.18. The summed E-state index contributed by atoms with van der Waals surface area (Å²) < 4.78 is 0. The minimum absolute atomic E-state index is 0.973. The van der Waals surface area contributed by atoms with Crippen LogP contribution in [0.3, 0.4) is 0 Å². The van der Waals surface area contributed by atoms with E-state index in [0.29, 0.717) is 0 Å². The summed E-state index contributed by atoms with van der Waals surface area (Å²) in [6.07, 6.45) is 6.68. The Bertz CT molecular complexity index is 297. The maximum absolute atomic E-state index is 4.62. The number of hydrogen-bond acceptors (Lipinski definition) is 3. The van der Waals surface area contributed by atoms with E-state index in [-0.39, 0.29) is 0 Å². The van der Waals surface area contributed by atoms with Gasteiger partial charge in [-0.1, -0.05) is 27.2 Å². The van der Waals surface area contributed by atoms with Crippen molar-refractivity contribution in [2.45, 2.75) is 59.3 Å². The lowest BCUT2D eigenvalue weighted by atomic mass is 10.2. The maximum Gasteiger partial charge on any atom is 0.130 e. The standard InChI is InChI=1S/C14H25N3/c1-4-7-9-12-11-14(15-10-6-3)17-13(16-12)8-5-2/h11H,4-10H2,1-3H3,(H,15,16,17). The first-order chi connectivity index (χ1) is 8.30. The third-order valence-corrected chi connectivity index (χ3v) is 2.64. The molecule has 1 aromatic heterocycles. The predicted octanol–water partition coefficient (Wildman–Crippen LogP) is 3.59. The van der Waals surface area contributed by atoms with Crippen LogP contribution in [-0.4, -0.2) is 16.5 Å². The van der Waals surface area contributed by atoms with Crippen molar-refractivity contribution in [3.05, 3.63) is 17.6 Å². The van der Waals surface area contributed by atoms with Crippen LogP contribution in [0.1, 0.15) is 58.0 Å². The second-order valence-corrected chi connectivity index (χ2v) is 4.44. The van der Waals surface area contributed by atoms with E-state index < -0.39 is 0 Å². The van der Waals surface area contributed by atoms with Crippen molar-refractivity contribution < 1.29 is 0 Å². The largest absolute Gasteiger partial charge is 0.370 e. The van der Waals surface area contributed by atoms with Crippen molar-refractivity contribution in [1.29, 1.82) is 0 Å². The lowest BCUT2D eigenvalue weighted by Crippen LogP contribution is -2.07. The fraction of sp³-hybridized carbons (Fsp3) is 0.714. The van der Waals surface area contributed by atoms with Gasteiger partial charge in [-0.3, -0.25) is 0 Å². The zero-order valence-corrected chi connectivity index (χ0v) is 11.4. The van der Waals surface area contributed by atoms with Gasteiger partial charge in [0.1, 0.15) is 11.6 Å². The molecule has 1 heterocycles. The molecule has 1 N–H and O–H groups in total. The topological polar surface area (TPSA) is 37.8 Å². The molecule has 3 heteroatoms. The van der Waals surface area contributed by atoms with Crippen LogP contribution in [0.4, 0.5) is 5.82 Å². The van der Waals surface area contributed by atoms with Gasteiger partial charge in [-0.2, -0.15) is 0 Å². The van der Waals surface area contributed by atoms with Crippen molar-refractivity contribution >= 4 is 5.82 Å². The Morgan fingerprint density at radius 1 is 1.00 bits per heavy atom. The van der Waals surface area contributed by atoms with Gasteiger partial charge in [0.25, 0.3) is 0 Å². The number of nitrogens with zero attached hydrogens (tertiary/aromatic N) is 2. The Balaban J connectivity index is 2.76. The minimum atomic E-state index is 0.973. The van der Waals surface area contributed by atoms with Crippen LogP contribution in [0.5, 0.6) is 0 Å². The quantitative estimate of drug-likeness (QED) is 0.748. The lowest BCUT2D eigenvalue weighted by Gasteiger charge is -2.09. The number of aryl methyl sites for hydroxylation is 2. The van der Waals surface area contributed by atoms with E-state index in [0.717, 1.165) is 43.9 Å². The summed E-state index contributed by atoms with van der Waals surface area (Å²) >= 11 is 0. The van der Waals surface area contributed by atoms with Gasteiger partial charge in [0.15, 0.2) is 0 Å². The molecule has 0 saturated carbocycles. The Morgan fingerprint density at radius 3 is 2.47 bits per heavy atom. The molecule has 0 spiro atoms. The monoisotopic (exact) mass is 235 g/mol. The lowest BCUT2D eigenvalue weighted by molar-refractivity contribution is 0.750. The average molecular weight is 235 g/mol. The molecule has 0 unspecified atom stereocenters. The molecule has 17 heavy (non-hydrogen) atoms. The summed E-state index contributed by atoms with van der Waals surface area (Å²) in [6.45, 7) is 7.53. The van der Waals surface area contributed by atoms with Crippen molar-refractivity contribution in [3.63, 3.8) is 0 Å². The van der Waals surface area contributed by atoms with Crippen LogP contribution < -0.4 is 5.32 Å². The third kappa shape index (κ3) is 5.16. The Kier molecular flexibility index (Phi) is 6.60. The molecule has 96 valence electrons. The van der Waals surface area contributed by atoms with Crippen molar-refractivity contribution in [1.82, 2.24) is 9.97 Å². The van der Waals surface area contributed by atoms with Crippen LogP contribution >= 0.6 is 0 Å². The molecule has 0 fully saturated rings. The van der Waals surface area contributed by atoms with Gasteiger partial charge >= 0.3 is 0 Å². The first-order valence-electron chi connectivity index (χ1n) is 6.90. The number of aromatic nitrogens is 2. The smallest absolute Gasteiger partial charge is 0.130 e. The second-order valence-electron chi connectivity index (χ2n) is 4.44. The molecular weight excluding hydrogens is 210 g/mol.